The van der Waals surface area contributed by atoms with Gasteiger partial charge in [-0.1, -0.05) is 0 Å². The van der Waals surface area contributed by atoms with Crippen molar-refractivity contribution in [2.75, 3.05) is 6.61 Å². The van der Waals surface area contributed by atoms with Gasteiger partial charge in [-0.2, -0.15) is 0 Å². The van der Waals surface area contributed by atoms with Gasteiger partial charge in [-0.3, -0.25) is 0 Å². The van der Waals surface area contributed by atoms with Gasteiger partial charge in [0.1, 0.15) is 4.84 Å². The van der Waals surface area contributed by atoms with Crippen LogP contribution in [-0.4, -0.2) is 17.5 Å². The summed E-state index contributed by atoms with van der Waals surface area (Å²) in [5.41, 5.74) is 0. The van der Waals surface area contributed by atoms with Gasteiger partial charge in [0.2, 0.25) is 0 Å². The molecule has 0 aromatic heterocycles. The van der Waals surface area contributed by atoms with Crippen molar-refractivity contribution >= 4 is 23.2 Å². The molecule has 0 N–H and O–H groups in total. The van der Waals surface area contributed by atoms with E-state index in [-0.39, 0.29) is 6.10 Å². The molecule has 0 aliphatic carbocycles. The SMILES string of the molecule is CC(C)OCC(Cl)Cl. The molecule has 0 saturated carbocycles. The first-order valence-corrected chi connectivity index (χ1v) is 3.40. The maximum Gasteiger partial charge on any atom is 0.131 e. The van der Waals surface area contributed by atoms with Crippen LogP contribution < -0.4 is 0 Å². The van der Waals surface area contributed by atoms with E-state index in [1.165, 1.54) is 0 Å². The van der Waals surface area contributed by atoms with Crippen LogP contribution in [0.1, 0.15) is 13.8 Å². The highest BCUT2D eigenvalue weighted by Gasteiger charge is 1.98. The predicted molar refractivity (Wildman–Crippen MR) is 36.6 cm³/mol. The third-order valence-corrected chi connectivity index (χ3v) is 0.808. The summed E-state index contributed by atoms with van der Waals surface area (Å²) in [6, 6.07) is 0. The van der Waals surface area contributed by atoms with E-state index in [0.29, 0.717) is 6.61 Å². The van der Waals surface area contributed by atoms with Gasteiger partial charge in [0.05, 0.1) is 12.7 Å². The first-order valence-electron chi connectivity index (χ1n) is 2.52. The average Bonchev–Trinajstić information content (AvgIpc) is 1.61. The van der Waals surface area contributed by atoms with Crippen LogP contribution in [0.3, 0.4) is 0 Å². The quantitative estimate of drug-likeness (QED) is 0.570. The number of rotatable bonds is 3. The number of hydrogen-bond donors (Lipinski definition) is 0. The maximum atomic E-state index is 5.36. The molecular weight excluding hydrogens is 147 g/mol. The minimum absolute atomic E-state index is 0.218. The van der Waals surface area contributed by atoms with Crippen molar-refractivity contribution in [3.63, 3.8) is 0 Å². The van der Waals surface area contributed by atoms with Gasteiger partial charge in [-0.15, -0.1) is 23.2 Å². The third kappa shape index (κ3) is 6.54. The lowest BCUT2D eigenvalue weighted by atomic mass is 10.5. The Morgan fingerprint density at radius 1 is 1.38 bits per heavy atom. The van der Waals surface area contributed by atoms with Gasteiger partial charge in [0.15, 0.2) is 0 Å². The molecule has 8 heavy (non-hydrogen) atoms. The molecule has 0 spiro atoms. The van der Waals surface area contributed by atoms with E-state index < -0.39 is 4.84 Å². The van der Waals surface area contributed by atoms with Crippen LogP contribution >= 0.6 is 23.2 Å². The zero-order valence-corrected chi connectivity index (χ0v) is 6.54. The summed E-state index contributed by atoms with van der Waals surface area (Å²) in [7, 11) is 0. The summed E-state index contributed by atoms with van der Waals surface area (Å²) in [5.74, 6) is 0. The van der Waals surface area contributed by atoms with Crippen LogP contribution in [0, 0.1) is 0 Å². The lowest BCUT2D eigenvalue weighted by Crippen LogP contribution is -2.08. The molecule has 0 aliphatic heterocycles. The van der Waals surface area contributed by atoms with Gasteiger partial charge in [-0.25, -0.2) is 0 Å². The van der Waals surface area contributed by atoms with E-state index in [0.717, 1.165) is 0 Å². The molecule has 0 rings (SSSR count). The zero-order chi connectivity index (χ0) is 6.57. The van der Waals surface area contributed by atoms with E-state index in [4.69, 9.17) is 27.9 Å². The average molecular weight is 157 g/mol. The smallest absolute Gasteiger partial charge is 0.131 e. The Bertz CT molecular complexity index is 46.4. The molecular formula is C5H10Cl2O. The monoisotopic (exact) mass is 156 g/mol. The van der Waals surface area contributed by atoms with E-state index in [2.05, 4.69) is 0 Å². The molecule has 0 unspecified atom stereocenters. The topological polar surface area (TPSA) is 9.23 Å². The van der Waals surface area contributed by atoms with Crippen molar-refractivity contribution in [1.29, 1.82) is 0 Å². The minimum Gasteiger partial charge on any atom is -0.376 e. The highest BCUT2D eigenvalue weighted by atomic mass is 35.5. The molecule has 0 aromatic rings. The number of alkyl halides is 2. The lowest BCUT2D eigenvalue weighted by molar-refractivity contribution is 0.0873. The van der Waals surface area contributed by atoms with E-state index in [1.807, 2.05) is 13.8 Å². The van der Waals surface area contributed by atoms with Crippen LogP contribution in [0.4, 0.5) is 0 Å². The summed E-state index contributed by atoms with van der Waals surface area (Å²) in [6.45, 7) is 4.30. The molecule has 0 amide bonds. The third-order valence-electron chi connectivity index (χ3n) is 0.556. The predicted octanol–water partition coefficient (Wildman–Crippen LogP) is 2.22. The summed E-state index contributed by atoms with van der Waals surface area (Å²) >= 11 is 10.7. The Morgan fingerprint density at radius 3 is 2.00 bits per heavy atom. The van der Waals surface area contributed by atoms with E-state index in [1.54, 1.807) is 0 Å². The summed E-state index contributed by atoms with van der Waals surface area (Å²) < 4.78 is 5.04. The molecule has 0 saturated heterocycles. The second kappa shape index (κ2) is 4.42. The van der Waals surface area contributed by atoms with E-state index >= 15 is 0 Å². The molecule has 0 aliphatic rings. The lowest BCUT2D eigenvalue weighted by Gasteiger charge is -2.06. The minimum atomic E-state index is -0.391. The normalized spacial score (nSPS) is 11.2. The molecule has 0 bridgehead atoms. The van der Waals surface area contributed by atoms with Crippen molar-refractivity contribution in [3.8, 4) is 0 Å². The molecule has 0 heterocycles. The molecule has 1 nitrogen and oxygen atoms in total. The first kappa shape index (κ1) is 8.54. The maximum absolute atomic E-state index is 5.36. The fourth-order valence-electron chi connectivity index (χ4n) is 0.265. The summed E-state index contributed by atoms with van der Waals surface area (Å²) in [4.78, 5) is -0.391. The molecule has 50 valence electrons. The Kier molecular flexibility index (Phi) is 4.72. The highest BCUT2D eigenvalue weighted by Crippen LogP contribution is 2.02. The Balaban J connectivity index is 2.93. The van der Waals surface area contributed by atoms with Gasteiger partial charge in [0.25, 0.3) is 0 Å². The van der Waals surface area contributed by atoms with Crippen molar-refractivity contribution in [2.24, 2.45) is 0 Å². The molecule has 3 heteroatoms. The van der Waals surface area contributed by atoms with Gasteiger partial charge in [0, 0.05) is 0 Å². The molecule has 0 atom stereocenters. The van der Waals surface area contributed by atoms with E-state index in [9.17, 15) is 0 Å². The molecule has 0 fully saturated rings. The Hall–Kier alpha value is 0.540. The van der Waals surface area contributed by atoms with Crippen molar-refractivity contribution in [1.82, 2.24) is 0 Å². The van der Waals surface area contributed by atoms with Crippen LogP contribution in [0.15, 0.2) is 0 Å². The fraction of sp³-hybridized carbons (Fsp3) is 1.00. The number of halogens is 2. The Morgan fingerprint density at radius 2 is 1.88 bits per heavy atom. The molecule has 0 aromatic carbocycles. The molecule has 0 radical (unpaired) electrons. The van der Waals surface area contributed by atoms with Gasteiger partial charge in [-0.05, 0) is 13.8 Å². The second-order valence-corrected chi connectivity index (χ2v) is 3.05. The second-order valence-electron chi connectivity index (χ2n) is 1.77. The summed E-state index contributed by atoms with van der Waals surface area (Å²) in [5, 5.41) is 0. The largest absolute Gasteiger partial charge is 0.376 e. The number of hydrogen-bond acceptors (Lipinski definition) is 1. The fourth-order valence-corrected chi connectivity index (χ4v) is 0.411. The van der Waals surface area contributed by atoms with Crippen molar-refractivity contribution in [3.05, 3.63) is 0 Å². The van der Waals surface area contributed by atoms with Crippen LogP contribution in [0.25, 0.3) is 0 Å². The van der Waals surface area contributed by atoms with Crippen molar-refractivity contribution < 1.29 is 4.74 Å². The van der Waals surface area contributed by atoms with Gasteiger partial charge < -0.3 is 4.74 Å². The highest BCUT2D eigenvalue weighted by molar-refractivity contribution is 6.44. The van der Waals surface area contributed by atoms with Crippen LogP contribution in [0.2, 0.25) is 0 Å². The first-order chi connectivity index (χ1) is 3.63. The zero-order valence-electron chi connectivity index (χ0n) is 5.03. The Labute approximate surface area is 59.9 Å². The standard InChI is InChI=1S/C5H10Cl2O/c1-4(2)8-3-5(6)7/h4-5H,3H2,1-2H3. The van der Waals surface area contributed by atoms with Crippen molar-refractivity contribution in [2.45, 2.75) is 24.8 Å². The number of ether oxygens (including phenoxy) is 1. The van der Waals surface area contributed by atoms with Gasteiger partial charge >= 0.3 is 0 Å². The van der Waals surface area contributed by atoms with Crippen LogP contribution in [-0.2, 0) is 4.74 Å². The van der Waals surface area contributed by atoms with Crippen LogP contribution in [0.5, 0.6) is 0 Å². The summed E-state index contributed by atoms with van der Waals surface area (Å²) in [6.07, 6.45) is 0.218.